The molecule has 1 aromatic heterocycles. The highest BCUT2D eigenvalue weighted by atomic mass is 31.2. The normalized spacial score (nSPS) is 11.6. The number of hydrogen-bond acceptors (Lipinski definition) is 3. The monoisotopic (exact) mass is 223 g/mol. The second-order valence-electron chi connectivity index (χ2n) is 3.10. The molecule has 0 aliphatic heterocycles. The van der Waals surface area contributed by atoms with Crippen LogP contribution in [0.2, 0.25) is 0 Å². The largest absolute Gasteiger partial charge is 0.421 e. The maximum absolute atomic E-state index is 11.0. The summed E-state index contributed by atoms with van der Waals surface area (Å²) in [5.41, 5.74) is 11.0. The molecule has 0 amide bonds. The second-order valence-corrected chi connectivity index (χ2v) is 4.57. The van der Waals surface area contributed by atoms with Gasteiger partial charge < -0.3 is 4.52 Å². The Kier molecular flexibility index (Phi) is 2.44. The molecule has 2 aromatic rings. The predicted octanol–water partition coefficient (Wildman–Crippen LogP) is 1.64. The molecule has 0 saturated carbocycles. The van der Waals surface area contributed by atoms with Crippen molar-refractivity contribution >= 4 is 18.6 Å². The Morgan fingerprint density at radius 2 is 2.00 bits per heavy atom. The number of para-hydroxylation sites is 1. The average molecular weight is 223 g/mol. The molecule has 0 atom stereocenters. The highest BCUT2D eigenvalue weighted by Gasteiger charge is 2.10. The fourth-order valence-corrected chi connectivity index (χ4v) is 1.69. The molecule has 0 fully saturated rings. The molecule has 6 heteroatoms. The van der Waals surface area contributed by atoms with Gasteiger partial charge in [-0.3, -0.25) is 4.98 Å². The molecule has 0 spiro atoms. The highest BCUT2D eigenvalue weighted by molar-refractivity contribution is 7.54. The Morgan fingerprint density at radius 1 is 1.27 bits per heavy atom. The zero-order valence-electron chi connectivity index (χ0n) is 7.83. The van der Waals surface area contributed by atoms with Crippen LogP contribution in [0.4, 0.5) is 0 Å². The molecule has 1 aromatic carbocycles. The molecule has 78 valence electrons. The Hall–Kier alpha value is -1.42. The summed E-state index contributed by atoms with van der Waals surface area (Å²) in [5.74, 6) is 0.307. The molecular weight excluding hydrogens is 213 g/mol. The van der Waals surface area contributed by atoms with Crippen LogP contribution < -0.4 is 15.5 Å². The van der Waals surface area contributed by atoms with Crippen LogP contribution in [0.1, 0.15) is 0 Å². The number of aromatic nitrogens is 1. The van der Waals surface area contributed by atoms with Crippen molar-refractivity contribution in [2.75, 3.05) is 0 Å². The van der Waals surface area contributed by atoms with Crippen molar-refractivity contribution in [1.82, 2.24) is 4.98 Å². The van der Waals surface area contributed by atoms with Crippen molar-refractivity contribution in [2.45, 2.75) is 0 Å². The van der Waals surface area contributed by atoms with Crippen molar-refractivity contribution < 1.29 is 9.09 Å². The fraction of sp³-hybridized carbons (Fsp3) is 0. The van der Waals surface area contributed by atoms with Gasteiger partial charge in [-0.25, -0.2) is 15.6 Å². The molecule has 5 nitrogen and oxygen atoms in total. The third-order valence-electron chi connectivity index (χ3n) is 1.81. The lowest BCUT2D eigenvalue weighted by Gasteiger charge is -2.09. The molecule has 15 heavy (non-hydrogen) atoms. The summed E-state index contributed by atoms with van der Waals surface area (Å²) < 4.78 is 15.9. The molecule has 0 aliphatic rings. The fourth-order valence-electron chi connectivity index (χ4n) is 1.27. The van der Waals surface area contributed by atoms with Gasteiger partial charge in [0, 0.05) is 5.39 Å². The van der Waals surface area contributed by atoms with Crippen LogP contribution in [0.15, 0.2) is 36.5 Å². The zero-order chi connectivity index (χ0) is 10.9. The van der Waals surface area contributed by atoms with Gasteiger partial charge in [0.2, 0.25) is 0 Å². The van der Waals surface area contributed by atoms with Gasteiger partial charge in [-0.15, -0.1) is 0 Å². The van der Waals surface area contributed by atoms with Crippen LogP contribution in [-0.4, -0.2) is 4.98 Å². The standard InChI is InChI=1S/C9H10N3O2P/c10-15(11,13)14-8-5-7-3-1-2-4-9(7)12-6-8/h1-6H,(H4,10,11,13). The summed E-state index contributed by atoms with van der Waals surface area (Å²) >= 11 is 0. The minimum absolute atomic E-state index is 0.307. The van der Waals surface area contributed by atoms with Gasteiger partial charge in [0.15, 0.2) is 0 Å². The van der Waals surface area contributed by atoms with Crippen molar-refractivity contribution in [3.05, 3.63) is 36.5 Å². The van der Waals surface area contributed by atoms with Gasteiger partial charge in [-0.2, -0.15) is 0 Å². The minimum Gasteiger partial charge on any atom is -0.421 e. The lowest BCUT2D eigenvalue weighted by atomic mass is 10.2. The van der Waals surface area contributed by atoms with Crippen molar-refractivity contribution in [3.8, 4) is 5.75 Å². The quantitative estimate of drug-likeness (QED) is 0.755. The van der Waals surface area contributed by atoms with Crippen LogP contribution in [0.5, 0.6) is 5.75 Å². The van der Waals surface area contributed by atoms with E-state index in [4.69, 9.17) is 15.5 Å². The molecule has 0 radical (unpaired) electrons. The summed E-state index contributed by atoms with van der Waals surface area (Å²) in [6, 6.07) is 9.18. The maximum Gasteiger partial charge on any atom is 0.385 e. The van der Waals surface area contributed by atoms with E-state index >= 15 is 0 Å². The number of benzene rings is 1. The van der Waals surface area contributed by atoms with Gasteiger partial charge in [0.1, 0.15) is 5.75 Å². The second kappa shape index (κ2) is 3.62. The average Bonchev–Trinajstić information content (AvgIpc) is 2.15. The number of nitrogens with zero attached hydrogens (tertiary/aromatic N) is 1. The number of pyridine rings is 1. The summed E-state index contributed by atoms with van der Waals surface area (Å²) in [4.78, 5) is 4.11. The summed E-state index contributed by atoms with van der Waals surface area (Å²) in [6.07, 6.45) is 1.44. The van der Waals surface area contributed by atoms with E-state index in [9.17, 15) is 4.57 Å². The van der Waals surface area contributed by atoms with Crippen LogP contribution >= 0.6 is 7.67 Å². The van der Waals surface area contributed by atoms with Gasteiger partial charge in [0.25, 0.3) is 0 Å². The molecule has 2 rings (SSSR count). The molecule has 4 N–H and O–H groups in total. The first-order chi connectivity index (χ1) is 7.04. The van der Waals surface area contributed by atoms with E-state index in [1.807, 2.05) is 24.3 Å². The maximum atomic E-state index is 11.0. The van der Waals surface area contributed by atoms with E-state index in [1.165, 1.54) is 6.20 Å². The Balaban J connectivity index is 2.43. The SMILES string of the molecule is NP(N)(=O)Oc1cnc2ccccc2c1. The molecule has 0 saturated heterocycles. The Labute approximate surface area is 86.6 Å². The summed E-state index contributed by atoms with van der Waals surface area (Å²) in [5, 5.41) is 0.878. The van der Waals surface area contributed by atoms with Crippen LogP contribution in [0.25, 0.3) is 10.9 Å². The third-order valence-corrected chi connectivity index (χ3v) is 2.31. The van der Waals surface area contributed by atoms with E-state index < -0.39 is 7.67 Å². The first-order valence-corrected chi connectivity index (χ1v) is 6.02. The van der Waals surface area contributed by atoms with E-state index in [-0.39, 0.29) is 0 Å². The van der Waals surface area contributed by atoms with E-state index in [0.29, 0.717) is 5.75 Å². The van der Waals surface area contributed by atoms with Gasteiger partial charge >= 0.3 is 7.67 Å². The van der Waals surface area contributed by atoms with Crippen molar-refractivity contribution in [2.24, 2.45) is 11.0 Å². The number of hydrogen-bond donors (Lipinski definition) is 2. The van der Waals surface area contributed by atoms with Crippen molar-refractivity contribution in [1.29, 1.82) is 0 Å². The number of fused-ring (bicyclic) bond motifs is 1. The molecule has 0 bridgehead atoms. The lowest BCUT2D eigenvalue weighted by molar-refractivity contribution is 0.483. The number of rotatable bonds is 2. The highest BCUT2D eigenvalue weighted by Crippen LogP contribution is 2.30. The van der Waals surface area contributed by atoms with E-state index in [1.54, 1.807) is 6.07 Å². The topological polar surface area (TPSA) is 91.2 Å². The van der Waals surface area contributed by atoms with Gasteiger partial charge in [-0.05, 0) is 12.1 Å². The van der Waals surface area contributed by atoms with Crippen molar-refractivity contribution in [3.63, 3.8) is 0 Å². The molecular formula is C9H10N3O2P. The lowest BCUT2D eigenvalue weighted by Crippen LogP contribution is -2.10. The minimum atomic E-state index is -3.51. The number of nitrogens with two attached hydrogens (primary N) is 2. The summed E-state index contributed by atoms with van der Waals surface area (Å²) in [6.45, 7) is 0. The smallest absolute Gasteiger partial charge is 0.385 e. The zero-order valence-corrected chi connectivity index (χ0v) is 8.72. The first kappa shape index (κ1) is 10.1. The molecule has 0 unspecified atom stereocenters. The Morgan fingerprint density at radius 3 is 2.73 bits per heavy atom. The van der Waals surface area contributed by atoms with Crippen LogP contribution in [0, 0.1) is 0 Å². The first-order valence-electron chi connectivity index (χ1n) is 4.26. The molecule has 0 aliphatic carbocycles. The Bertz CT molecular complexity index is 538. The third kappa shape index (κ3) is 2.53. The van der Waals surface area contributed by atoms with E-state index in [0.717, 1.165) is 10.9 Å². The molecule has 1 heterocycles. The van der Waals surface area contributed by atoms with Crippen LogP contribution in [0.3, 0.4) is 0 Å². The van der Waals surface area contributed by atoms with Gasteiger partial charge in [0.05, 0.1) is 11.7 Å². The van der Waals surface area contributed by atoms with Gasteiger partial charge in [-0.1, -0.05) is 18.2 Å². The summed E-state index contributed by atoms with van der Waals surface area (Å²) in [7, 11) is -3.51. The van der Waals surface area contributed by atoms with Crippen LogP contribution in [-0.2, 0) is 4.57 Å². The predicted molar refractivity (Wildman–Crippen MR) is 58.4 cm³/mol. The van der Waals surface area contributed by atoms with E-state index in [2.05, 4.69) is 4.98 Å².